The van der Waals surface area contributed by atoms with Crippen LogP contribution >= 0.6 is 0 Å². The van der Waals surface area contributed by atoms with Gasteiger partial charge in [-0.25, -0.2) is 5.48 Å². The largest absolute Gasteiger partial charge is 0.289 e. The summed E-state index contributed by atoms with van der Waals surface area (Å²) < 4.78 is 0. The Morgan fingerprint density at radius 2 is 1.81 bits per heavy atom. The Bertz CT molecular complexity index is 343. The Hall–Kier alpha value is -1.35. The first-order valence-corrected chi connectivity index (χ1v) is 5.57. The molecule has 1 aromatic carbocycles. The van der Waals surface area contributed by atoms with Gasteiger partial charge in [0.15, 0.2) is 0 Å². The quantitative estimate of drug-likeness (QED) is 0.606. The van der Waals surface area contributed by atoms with Crippen LogP contribution in [0.2, 0.25) is 0 Å². The minimum Gasteiger partial charge on any atom is -0.289 e. The van der Waals surface area contributed by atoms with Crippen molar-refractivity contribution in [1.82, 2.24) is 5.48 Å². The molecule has 0 aromatic heterocycles. The first kappa shape index (κ1) is 12.7. The average Bonchev–Trinajstić information content (AvgIpc) is 2.27. The van der Waals surface area contributed by atoms with E-state index in [4.69, 9.17) is 5.21 Å². The highest BCUT2D eigenvalue weighted by molar-refractivity contribution is 5.82. The van der Waals surface area contributed by atoms with Crippen LogP contribution < -0.4 is 5.48 Å². The molecular weight excluding hydrogens is 202 g/mol. The first-order chi connectivity index (χ1) is 7.54. The summed E-state index contributed by atoms with van der Waals surface area (Å²) in [4.78, 5) is 11.2. The molecule has 1 atom stereocenters. The van der Waals surface area contributed by atoms with Crippen molar-refractivity contribution in [3.8, 4) is 0 Å². The van der Waals surface area contributed by atoms with Gasteiger partial charge in [0.25, 0.3) is 5.91 Å². The van der Waals surface area contributed by atoms with Gasteiger partial charge in [0.05, 0.1) is 5.92 Å². The molecule has 0 saturated carbocycles. The van der Waals surface area contributed by atoms with Crippen LogP contribution in [0.4, 0.5) is 0 Å². The van der Waals surface area contributed by atoms with E-state index in [1.54, 1.807) is 12.4 Å². The highest BCUT2D eigenvalue weighted by atomic mass is 16.5. The molecule has 0 fully saturated rings. The van der Waals surface area contributed by atoms with E-state index in [0.29, 0.717) is 5.92 Å². The Balaban J connectivity index is 2.74. The third kappa shape index (κ3) is 3.35. The Labute approximate surface area is 96.4 Å². The van der Waals surface area contributed by atoms with E-state index in [1.165, 1.54) is 5.56 Å². The monoisotopic (exact) mass is 221 g/mol. The fraction of sp³-hybridized carbons (Fsp3) is 0.462. The molecule has 1 amide bonds. The van der Waals surface area contributed by atoms with Crippen molar-refractivity contribution in [1.29, 1.82) is 0 Å². The van der Waals surface area contributed by atoms with E-state index in [1.807, 2.05) is 24.3 Å². The second-order valence-electron chi connectivity index (χ2n) is 4.54. The van der Waals surface area contributed by atoms with Gasteiger partial charge in [0.2, 0.25) is 0 Å². The van der Waals surface area contributed by atoms with Crippen molar-refractivity contribution >= 4 is 5.91 Å². The lowest BCUT2D eigenvalue weighted by Gasteiger charge is -2.11. The van der Waals surface area contributed by atoms with E-state index in [2.05, 4.69) is 13.8 Å². The number of benzene rings is 1. The fourth-order valence-corrected chi connectivity index (χ4v) is 1.66. The Morgan fingerprint density at radius 1 is 1.25 bits per heavy atom. The normalized spacial score (nSPS) is 12.6. The summed E-state index contributed by atoms with van der Waals surface area (Å²) in [5.41, 5.74) is 3.86. The number of hydrogen-bond donors (Lipinski definition) is 2. The van der Waals surface area contributed by atoms with Gasteiger partial charge in [-0.2, -0.15) is 0 Å². The molecule has 1 aromatic rings. The minimum atomic E-state index is -0.378. The lowest BCUT2D eigenvalue weighted by Crippen LogP contribution is -2.24. The lowest BCUT2D eigenvalue weighted by molar-refractivity contribution is -0.130. The number of carbonyl (C=O) groups excluding carboxylic acids is 1. The molecule has 0 aliphatic heterocycles. The summed E-state index contributed by atoms with van der Waals surface area (Å²) in [5, 5.41) is 8.54. The van der Waals surface area contributed by atoms with Gasteiger partial charge in [0, 0.05) is 0 Å². The zero-order valence-corrected chi connectivity index (χ0v) is 10.0. The lowest BCUT2D eigenvalue weighted by atomic mass is 9.96. The molecular formula is C13H19NO2. The predicted molar refractivity (Wildman–Crippen MR) is 63.3 cm³/mol. The molecule has 0 radical (unpaired) electrons. The summed E-state index contributed by atoms with van der Waals surface area (Å²) in [6.07, 6.45) is 1.04. The maximum absolute atomic E-state index is 11.2. The van der Waals surface area contributed by atoms with Crippen molar-refractivity contribution in [3.05, 3.63) is 35.4 Å². The minimum absolute atomic E-state index is 0.321. The van der Waals surface area contributed by atoms with E-state index < -0.39 is 0 Å². The number of nitrogens with one attached hydrogen (secondary N) is 1. The summed E-state index contributed by atoms with van der Waals surface area (Å²) in [6.45, 7) is 6.12. The molecule has 2 N–H and O–H groups in total. The highest BCUT2D eigenvalue weighted by Crippen LogP contribution is 2.17. The zero-order chi connectivity index (χ0) is 12.1. The maximum atomic E-state index is 11.2. The van der Waals surface area contributed by atoms with E-state index in [-0.39, 0.29) is 11.8 Å². The molecule has 0 bridgehead atoms. The molecule has 0 aliphatic carbocycles. The highest BCUT2D eigenvalue weighted by Gasteiger charge is 2.13. The van der Waals surface area contributed by atoms with Crippen LogP contribution in [-0.4, -0.2) is 11.1 Å². The zero-order valence-electron chi connectivity index (χ0n) is 10.0. The molecule has 1 rings (SSSR count). The number of amides is 1. The summed E-state index contributed by atoms with van der Waals surface area (Å²) in [5.74, 6) is -0.0706. The van der Waals surface area contributed by atoms with Crippen molar-refractivity contribution in [2.75, 3.05) is 0 Å². The van der Waals surface area contributed by atoms with Gasteiger partial charge in [0.1, 0.15) is 0 Å². The molecule has 16 heavy (non-hydrogen) atoms. The second kappa shape index (κ2) is 5.66. The van der Waals surface area contributed by atoms with Crippen LogP contribution in [0.1, 0.15) is 37.8 Å². The predicted octanol–water partition coefficient (Wildman–Crippen LogP) is 2.49. The Kier molecular flexibility index (Phi) is 4.50. The van der Waals surface area contributed by atoms with E-state index >= 15 is 0 Å². The topological polar surface area (TPSA) is 49.3 Å². The van der Waals surface area contributed by atoms with Gasteiger partial charge < -0.3 is 0 Å². The second-order valence-corrected chi connectivity index (χ2v) is 4.54. The SMILES string of the molecule is CC(C)Cc1ccc([C@H](C)C(=O)NO)cc1. The van der Waals surface area contributed by atoms with Crippen molar-refractivity contribution in [2.45, 2.75) is 33.1 Å². The van der Waals surface area contributed by atoms with Crippen molar-refractivity contribution < 1.29 is 10.0 Å². The van der Waals surface area contributed by atoms with Gasteiger partial charge >= 0.3 is 0 Å². The van der Waals surface area contributed by atoms with Crippen molar-refractivity contribution in [2.24, 2.45) is 5.92 Å². The third-order valence-corrected chi connectivity index (χ3v) is 2.63. The van der Waals surface area contributed by atoms with Crippen LogP contribution in [0.15, 0.2) is 24.3 Å². The molecule has 0 unspecified atom stereocenters. The van der Waals surface area contributed by atoms with Crippen LogP contribution in [-0.2, 0) is 11.2 Å². The molecule has 88 valence electrons. The first-order valence-electron chi connectivity index (χ1n) is 5.57. The number of hydrogen-bond acceptors (Lipinski definition) is 2. The average molecular weight is 221 g/mol. The van der Waals surface area contributed by atoms with Gasteiger partial charge in [-0.05, 0) is 30.4 Å². The smallest absolute Gasteiger partial charge is 0.250 e. The van der Waals surface area contributed by atoms with Crippen LogP contribution in [0.3, 0.4) is 0 Å². The van der Waals surface area contributed by atoms with Crippen LogP contribution in [0.5, 0.6) is 0 Å². The summed E-state index contributed by atoms with van der Waals surface area (Å²) in [6, 6.07) is 7.96. The number of rotatable bonds is 4. The van der Waals surface area contributed by atoms with Crippen molar-refractivity contribution in [3.63, 3.8) is 0 Å². The van der Waals surface area contributed by atoms with Gasteiger partial charge in [-0.1, -0.05) is 38.1 Å². The molecule has 3 nitrogen and oxygen atoms in total. The molecule has 0 aliphatic rings. The standard InChI is InChI=1S/C13H19NO2/c1-9(2)8-11-4-6-12(7-5-11)10(3)13(15)14-16/h4-7,9-10,16H,8H2,1-3H3,(H,14,15)/t10-/m0/s1. The number of hydroxylamine groups is 1. The number of carbonyl (C=O) groups is 1. The molecule has 0 spiro atoms. The van der Waals surface area contributed by atoms with E-state index in [0.717, 1.165) is 12.0 Å². The summed E-state index contributed by atoms with van der Waals surface area (Å²) >= 11 is 0. The Morgan fingerprint density at radius 3 is 2.25 bits per heavy atom. The van der Waals surface area contributed by atoms with Crippen LogP contribution in [0.25, 0.3) is 0 Å². The van der Waals surface area contributed by atoms with Gasteiger partial charge in [-0.3, -0.25) is 10.0 Å². The molecule has 0 heterocycles. The summed E-state index contributed by atoms with van der Waals surface area (Å²) in [7, 11) is 0. The molecule has 3 heteroatoms. The van der Waals surface area contributed by atoms with Gasteiger partial charge in [-0.15, -0.1) is 0 Å². The van der Waals surface area contributed by atoms with E-state index in [9.17, 15) is 4.79 Å². The van der Waals surface area contributed by atoms with Crippen LogP contribution in [0, 0.1) is 5.92 Å². The maximum Gasteiger partial charge on any atom is 0.250 e. The third-order valence-electron chi connectivity index (χ3n) is 2.63. The molecule has 0 saturated heterocycles. The fourth-order valence-electron chi connectivity index (χ4n) is 1.66.